The number of rotatable bonds is 7. The third-order valence-corrected chi connectivity index (χ3v) is 4.53. The quantitative estimate of drug-likeness (QED) is 0.577. The van der Waals surface area contributed by atoms with Gasteiger partial charge in [-0.1, -0.05) is 38.1 Å². The number of benzene rings is 2. The molecular weight excluding hydrogens is 358 g/mol. The highest BCUT2D eigenvalue weighted by atomic mass is 16.7. The second kappa shape index (κ2) is 9.08. The number of carbonyl (C=O) groups excluding carboxylic acids is 2. The van der Waals surface area contributed by atoms with E-state index in [-0.39, 0.29) is 19.3 Å². The highest BCUT2D eigenvalue weighted by Gasteiger charge is 2.13. The lowest BCUT2D eigenvalue weighted by Crippen LogP contribution is -2.21. The fraction of sp³-hybridized carbons (Fsp3) is 0.273. The van der Waals surface area contributed by atoms with Crippen molar-refractivity contribution in [3.05, 3.63) is 59.7 Å². The molecule has 6 nitrogen and oxygen atoms in total. The van der Waals surface area contributed by atoms with Gasteiger partial charge in [-0.25, -0.2) is 4.79 Å². The fourth-order valence-electron chi connectivity index (χ4n) is 2.81. The van der Waals surface area contributed by atoms with Crippen LogP contribution in [0.25, 0.3) is 6.08 Å². The van der Waals surface area contributed by atoms with E-state index in [1.165, 1.54) is 6.08 Å². The summed E-state index contributed by atoms with van der Waals surface area (Å²) in [5.41, 5.74) is 2.58. The van der Waals surface area contributed by atoms with Crippen LogP contribution in [-0.2, 0) is 14.3 Å². The number of nitrogens with one attached hydrogen (secondary N) is 1. The van der Waals surface area contributed by atoms with Crippen LogP contribution in [0.3, 0.4) is 0 Å². The molecular formula is C22H23NO5. The van der Waals surface area contributed by atoms with Crippen LogP contribution in [0.2, 0.25) is 0 Å². The van der Waals surface area contributed by atoms with Gasteiger partial charge >= 0.3 is 5.97 Å². The summed E-state index contributed by atoms with van der Waals surface area (Å²) in [6.45, 7) is 4.04. The summed E-state index contributed by atoms with van der Waals surface area (Å²) in [6, 6.07) is 13.0. The molecule has 1 heterocycles. The number of amides is 1. The average Bonchev–Trinajstić information content (AvgIpc) is 3.18. The van der Waals surface area contributed by atoms with Crippen LogP contribution < -0.4 is 14.8 Å². The van der Waals surface area contributed by atoms with E-state index in [0.717, 1.165) is 23.2 Å². The maximum Gasteiger partial charge on any atom is 0.331 e. The Morgan fingerprint density at radius 1 is 1.18 bits per heavy atom. The first-order valence-corrected chi connectivity index (χ1v) is 9.20. The Morgan fingerprint density at radius 3 is 2.79 bits per heavy atom. The summed E-state index contributed by atoms with van der Waals surface area (Å²) in [7, 11) is 0. The molecule has 0 unspecified atom stereocenters. The van der Waals surface area contributed by atoms with Gasteiger partial charge in [-0.2, -0.15) is 0 Å². The van der Waals surface area contributed by atoms with Crippen LogP contribution >= 0.6 is 0 Å². The van der Waals surface area contributed by atoms with E-state index in [1.807, 2.05) is 24.3 Å². The second-order valence-corrected chi connectivity index (χ2v) is 6.50. The first-order valence-electron chi connectivity index (χ1n) is 9.20. The lowest BCUT2D eigenvalue weighted by Gasteiger charge is -2.15. The van der Waals surface area contributed by atoms with E-state index >= 15 is 0 Å². The van der Waals surface area contributed by atoms with Gasteiger partial charge in [0.2, 0.25) is 6.79 Å². The van der Waals surface area contributed by atoms with Crippen molar-refractivity contribution in [3.63, 3.8) is 0 Å². The third-order valence-electron chi connectivity index (χ3n) is 4.53. The van der Waals surface area contributed by atoms with Crippen molar-refractivity contribution in [2.75, 3.05) is 18.7 Å². The Labute approximate surface area is 164 Å². The van der Waals surface area contributed by atoms with Crippen molar-refractivity contribution >= 4 is 23.6 Å². The first-order chi connectivity index (χ1) is 13.6. The van der Waals surface area contributed by atoms with Crippen LogP contribution in [-0.4, -0.2) is 25.3 Å². The molecule has 0 radical (unpaired) electrons. The van der Waals surface area contributed by atoms with Gasteiger partial charge in [0.15, 0.2) is 18.1 Å². The number of hydrogen-bond donors (Lipinski definition) is 1. The number of ether oxygens (including phenoxy) is 3. The Kier molecular flexibility index (Phi) is 6.32. The van der Waals surface area contributed by atoms with Gasteiger partial charge in [-0.05, 0) is 47.7 Å². The molecule has 28 heavy (non-hydrogen) atoms. The Hall–Kier alpha value is -3.28. The summed E-state index contributed by atoms with van der Waals surface area (Å²) in [4.78, 5) is 24.0. The Bertz CT molecular complexity index is 890. The molecule has 1 amide bonds. The number of para-hydroxylation sites is 1. The monoisotopic (exact) mass is 381 g/mol. The molecule has 0 saturated heterocycles. The predicted octanol–water partition coefficient (Wildman–Crippen LogP) is 4.12. The number of esters is 1. The average molecular weight is 381 g/mol. The molecule has 0 spiro atoms. The molecule has 0 saturated carbocycles. The zero-order chi connectivity index (χ0) is 19.9. The van der Waals surface area contributed by atoms with Crippen LogP contribution in [0.4, 0.5) is 5.69 Å². The minimum absolute atomic E-state index is 0.194. The molecule has 2 aromatic carbocycles. The summed E-state index contributed by atoms with van der Waals surface area (Å²) in [5.74, 6) is 0.663. The summed E-state index contributed by atoms with van der Waals surface area (Å²) in [6.07, 6.45) is 3.84. The molecule has 3 rings (SSSR count). The molecule has 1 aliphatic heterocycles. The fourth-order valence-corrected chi connectivity index (χ4v) is 2.81. The SMILES string of the molecule is CC[C@@H](C)c1ccccc1NC(=O)COC(=O)/C=C/c1ccc2c(c1)OCO2. The molecule has 2 aromatic rings. The second-order valence-electron chi connectivity index (χ2n) is 6.50. The van der Waals surface area contributed by atoms with Gasteiger partial charge in [-0.15, -0.1) is 0 Å². The van der Waals surface area contributed by atoms with E-state index in [2.05, 4.69) is 19.2 Å². The summed E-state index contributed by atoms with van der Waals surface area (Å²) in [5, 5.41) is 2.81. The van der Waals surface area contributed by atoms with Crippen LogP contribution in [0.15, 0.2) is 48.5 Å². The van der Waals surface area contributed by atoms with Crippen molar-refractivity contribution in [1.29, 1.82) is 0 Å². The van der Waals surface area contributed by atoms with Crippen molar-refractivity contribution in [2.24, 2.45) is 0 Å². The highest BCUT2D eigenvalue weighted by Crippen LogP contribution is 2.32. The maximum atomic E-state index is 12.1. The van der Waals surface area contributed by atoms with Gasteiger partial charge in [0, 0.05) is 11.8 Å². The van der Waals surface area contributed by atoms with Gasteiger partial charge in [0.05, 0.1) is 0 Å². The van der Waals surface area contributed by atoms with Crippen LogP contribution in [0.1, 0.15) is 37.3 Å². The number of carbonyl (C=O) groups is 2. The van der Waals surface area contributed by atoms with Gasteiger partial charge in [-0.3, -0.25) is 4.79 Å². The molecule has 1 aliphatic rings. The first kappa shape index (κ1) is 19.5. The summed E-state index contributed by atoms with van der Waals surface area (Å²) < 4.78 is 15.6. The standard InChI is InChI=1S/C22H23NO5/c1-3-15(2)17-6-4-5-7-18(17)23-21(24)13-26-22(25)11-9-16-8-10-19-20(12-16)28-14-27-19/h4-12,15H,3,13-14H2,1-2H3,(H,23,24)/b11-9+/t15-/m1/s1. The molecule has 0 fully saturated rings. The molecule has 1 N–H and O–H groups in total. The molecule has 1 atom stereocenters. The van der Waals surface area contributed by atoms with Crippen molar-refractivity contribution in [1.82, 2.24) is 0 Å². The molecule has 146 valence electrons. The third kappa shape index (κ3) is 4.91. The predicted molar refractivity (Wildman–Crippen MR) is 106 cm³/mol. The number of fused-ring (bicyclic) bond motifs is 1. The zero-order valence-electron chi connectivity index (χ0n) is 15.9. The van der Waals surface area contributed by atoms with Crippen LogP contribution in [0.5, 0.6) is 11.5 Å². The minimum atomic E-state index is -0.594. The number of anilines is 1. The lowest BCUT2D eigenvalue weighted by atomic mass is 9.97. The smallest absolute Gasteiger partial charge is 0.331 e. The Morgan fingerprint density at radius 2 is 1.96 bits per heavy atom. The van der Waals surface area contributed by atoms with E-state index in [1.54, 1.807) is 24.3 Å². The Balaban J connectivity index is 1.51. The maximum absolute atomic E-state index is 12.1. The van der Waals surface area contributed by atoms with Crippen LogP contribution in [0, 0.1) is 0 Å². The van der Waals surface area contributed by atoms with E-state index < -0.39 is 5.97 Å². The molecule has 0 aromatic heterocycles. The summed E-state index contributed by atoms with van der Waals surface area (Å²) >= 11 is 0. The van der Waals surface area contributed by atoms with Crippen molar-refractivity contribution in [3.8, 4) is 11.5 Å². The highest BCUT2D eigenvalue weighted by molar-refractivity contribution is 5.95. The van der Waals surface area contributed by atoms with Gasteiger partial charge in [0.1, 0.15) is 0 Å². The van der Waals surface area contributed by atoms with Gasteiger partial charge in [0.25, 0.3) is 5.91 Å². The lowest BCUT2D eigenvalue weighted by molar-refractivity contribution is -0.142. The molecule has 0 aliphatic carbocycles. The van der Waals surface area contributed by atoms with E-state index in [4.69, 9.17) is 14.2 Å². The zero-order valence-corrected chi connectivity index (χ0v) is 15.9. The number of hydrogen-bond acceptors (Lipinski definition) is 5. The molecule has 6 heteroatoms. The van der Waals surface area contributed by atoms with E-state index in [9.17, 15) is 9.59 Å². The van der Waals surface area contributed by atoms with Crippen molar-refractivity contribution in [2.45, 2.75) is 26.2 Å². The topological polar surface area (TPSA) is 73.9 Å². The minimum Gasteiger partial charge on any atom is -0.454 e. The van der Waals surface area contributed by atoms with E-state index in [0.29, 0.717) is 17.4 Å². The van der Waals surface area contributed by atoms with Gasteiger partial charge < -0.3 is 19.5 Å². The normalized spacial score (nSPS) is 13.4. The largest absolute Gasteiger partial charge is 0.454 e. The van der Waals surface area contributed by atoms with Crippen molar-refractivity contribution < 1.29 is 23.8 Å². The molecule has 0 bridgehead atoms.